The summed E-state index contributed by atoms with van der Waals surface area (Å²) in [5.74, 6) is -0.340. The lowest BCUT2D eigenvalue weighted by atomic mass is 9.91. The molecule has 0 aromatic rings. The van der Waals surface area contributed by atoms with Gasteiger partial charge in [0.25, 0.3) is 0 Å². The van der Waals surface area contributed by atoms with Gasteiger partial charge in [-0.1, -0.05) is 20.8 Å². The molecule has 0 unspecified atom stereocenters. The maximum Gasteiger partial charge on any atom is 0.426 e. The maximum atomic E-state index is 12.1. The zero-order valence-corrected chi connectivity index (χ0v) is 13.2. The van der Waals surface area contributed by atoms with Crippen LogP contribution in [0.25, 0.3) is 0 Å². The van der Waals surface area contributed by atoms with E-state index in [0.29, 0.717) is 25.9 Å². The van der Waals surface area contributed by atoms with Crippen molar-refractivity contribution in [1.29, 1.82) is 0 Å². The van der Waals surface area contributed by atoms with Gasteiger partial charge in [-0.2, -0.15) is 0 Å². The normalized spacial score (nSPS) is 16.3. The van der Waals surface area contributed by atoms with Crippen LogP contribution in [0.15, 0.2) is 0 Å². The Morgan fingerprint density at radius 2 is 1.71 bits per heavy atom. The van der Waals surface area contributed by atoms with Gasteiger partial charge in [0, 0.05) is 24.4 Å². The Balaban J connectivity index is 2.37. The molecule has 1 rings (SSSR count). The molecule has 1 fully saturated rings. The second-order valence-electron chi connectivity index (χ2n) is 6.15. The molecule has 0 aromatic carbocycles. The summed E-state index contributed by atoms with van der Waals surface area (Å²) in [5.41, 5.74) is 4.14. The first-order valence-corrected chi connectivity index (χ1v) is 7.27. The minimum absolute atomic E-state index is 0.103. The topological polar surface area (TPSA) is 87.7 Å². The predicted molar refractivity (Wildman–Crippen MR) is 77.1 cm³/mol. The van der Waals surface area contributed by atoms with Crippen LogP contribution >= 0.6 is 0 Å². The van der Waals surface area contributed by atoms with Crippen molar-refractivity contribution in [3.8, 4) is 0 Å². The van der Waals surface area contributed by atoms with Crippen molar-refractivity contribution in [2.75, 3.05) is 19.7 Å². The van der Waals surface area contributed by atoms with Gasteiger partial charge in [0.15, 0.2) is 0 Å². The molecule has 1 heterocycles. The zero-order valence-electron chi connectivity index (χ0n) is 13.2. The molecule has 1 saturated heterocycles. The Labute approximate surface area is 125 Å². The van der Waals surface area contributed by atoms with Crippen LogP contribution in [0.1, 0.15) is 40.5 Å². The van der Waals surface area contributed by atoms with E-state index in [9.17, 15) is 14.4 Å². The largest absolute Gasteiger partial charge is 0.449 e. The van der Waals surface area contributed by atoms with E-state index in [4.69, 9.17) is 0 Å². The fourth-order valence-corrected chi connectivity index (χ4v) is 2.20. The van der Waals surface area contributed by atoms with Gasteiger partial charge in [-0.25, -0.2) is 10.2 Å². The quantitative estimate of drug-likeness (QED) is 0.746. The summed E-state index contributed by atoms with van der Waals surface area (Å²) in [5, 5.41) is 0. The third-order valence-corrected chi connectivity index (χ3v) is 3.36. The lowest BCUT2D eigenvalue weighted by Gasteiger charge is -2.35. The van der Waals surface area contributed by atoms with E-state index in [1.807, 2.05) is 20.8 Å². The Bertz CT molecular complexity index is 396. The summed E-state index contributed by atoms with van der Waals surface area (Å²) in [6, 6.07) is 0. The Hall–Kier alpha value is -1.79. The number of ether oxygens (including phenoxy) is 1. The molecule has 0 bridgehead atoms. The van der Waals surface area contributed by atoms with Crippen molar-refractivity contribution in [3.05, 3.63) is 0 Å². The number of piperidine rings is 1. The summed E-state index contributed by atoms with van der Waals surface area (Å²) < 4.78 is 4.65. The first kappa shape index (κ1) is 17.3. The average molecular weight is 299 g/mol. The highest BCUT2D eigenvalue weighted by Crippen LogP contribution is 2.23. The molecule has 0 saturated carbocycles. The van der Waals surface area contributed by atoms with Crippen LogP contribution in [0.5, 0.6) is 0 Å². The number of hydrogen-bond donors (Lipinski definition) is 2. The lowest BCUT2D eigenvalue weighted by Crippen LogP contribution is -2.49. The number of nitrogens with zero attached hydrogens (tertiary/aromatic N) is 1. The van der Waals surface area contributed by atoms with E-state index in [2.05, 4.69) is 15.6 Å². The van der Waals surface area contributed by atoms with E-state index in [-0.39, 0.29) is 24.3 Å². The summed E-state index contributed by atoms with van der Waals surface area (Å²) >= 11 is 0. The molecule has 2 N–H and O–H groups in total. The van der Waals surface area contributed by atoms with Crippen LogP contribution in [0.3, 0.4) is 0 Å². The molecule has 21 heavy (non-hydrogen) atoms. The van der Waals surface area contributed by atoms with Crippen LogP contribution in [0.2, 0.25) is 0 Å². The molecule has 120 valence electrons. The van der Waals surface area contributed by atoms with Crippen molar-refractivity contribution >= 4 is 17.9 Å². The maximum absolute atomic E-state index is 12.1. The van der Waals surface area contributed by atoms with Crippen LogP contribution < -0.4 is 10.9 Å². The molecule has 0 aromatic heterocycles. The van der Waals surface area contributed by atoms with Gasteiger partial charge in [0.05, 0.1) is 6.61 Å². The van der Waals surface area contributed by atoms with Gasteiger partial charge in [-0.05, 0) is 19.8 Å². The van der Waals surface area contributed by atoms with Gasteiger partial charge in [0.1, 0.15) is 0 Å². The molecule has 0 atom stereocenters. The highest BCUT2D eigenvalue weighted by atomic mass is 16.5. The smallest absolute Gasteiger partial charge is 0.426 e. The monoisotopic (exact) mass is 299 g/mol. The van der Waals surface area contributed by atoms with Gasteiger partial charge in [0.2, 0.25) is 11.8 Å². The van der Waals surface area contributed by atoms with E-state index in [1.54, 1.807) is 11.8 Å². The number of nitrogens with one attached hydrogen (secondary N) is 2. The molecular weight excluding hydrogens is 274 g/mol. The van der Waals surface area contributed by atoms with Crippen molar-refractivity contribution in [2.24, 2.45) is 11.3 Å². The van der Waals surface area contributed by atoms with E-state index in [0.717, 1.165) is 0 Å². The third-order valence-electron chi connectivity index (χ3n) is 3.36. The molecule has 1 aliphatic heterocycles. The van der Waals surface area contributed by atoms with Crippen LogP contribution in [-0.2, 0) is 14.3 Å². The summed E-state index contributed by atoms with van der Waals surface area (Å²) in [6.07, 6.45) is 0.516. The molecule has 0 radical (unpaired) electrons. The number of hydrogen-bond acceptors (Lipinski definition) is 4. The van der Waals surface area contributed by atoms with Crippen molar-refractivity contribution in [1.82, 2.24) is 15.8 Å². The number of hydrazine groups is 1. The second kappa shape index (κ2) is 7.28. The number of likely N-dealkylation sites (tertiary alicyclic amines) is 1. The molecule has 7 nitrogen and oxygen atoms in total. The molecule has 0 aliphatic carbocycles. The molecular formula is C14H25N3O4. The molecule has 3 amide bonds. The van der Waals surface area contributed by atoms with E-state index < -0.39 is 11.5 Å². The fourth-order valence-electron chi connectivity index (χ4n) is 2.20. The van der Waals surface area contributed by atoms with E-state index >= 15 is 0 Å². The van der Waals surface area contributed by atoms with Crippen LogP contribution in [0, 0.1) is 11.3 Å². The van der Waals surface area contributed by atoms with Gasteiger partial charge in [-0.3, -0.25) is 15.0 Å². The first-order valence-electron chi connectivity index (χ1n) is 7.27. The minimum Gasteiger partial charge on any atom is -0.449 e. The SMILES string of the molecule is CCOC(=O)NNC(=O)C1CCN(C(=O)C(C)(C)C)CC1. The van der Waals surface area contributed by atoms with Gasteiger partial charge < -0.3 is 9.64 Å². The van der Waals surface area contributed by atoms with Gasteiger partial charge >= 0.3 is 6.09 Å². The number of rotatable bonds is 2. The van der Waals surface area contributed by atoms with Crippen LogP contribution in [0.4, 0.5) is 4.79 Å². The Morgan fingerprint density at radius 3 is 2.19 bits per heavy atom. The highest BCUT2D eigenvalue weighted by molar-refractivity contribution is 5.83. The third kappa shape index (κ3) is 5.24. The summed E-state index contributed by atoms with van der Waals surface area (Å²) in [7, 11) is 0. The Morgan fingerprint density at radius 1 is 1.14 bits per heavy atom. The molecule has 0 spiro atoms. The van der Waals surface area contributed by atoms with Crippen molar-refractivity contribution in [3.63, 3.8) is 0 Å². The highest BCUT2D eigenvalue weighted by Gasteiger charge is 2.32. The Kier molecular flexibility index (Phi) is 5.99. The minimum atomic E-state index is -0.675. The van der Waals surface area contributed by atoms with Crippen LogP contribution in [-0.4, -0.2) is 42.5 Å². The fraction of sp³-hybridized carbons (Fsp3) is 0.786. The predicted octanol–water partition coefficient (Wildman–Crippen LogP) is 1.05. The first-order chi connectivity index (χ1) is 9.75. The molecule has 7 heteroatoms. The zero-order chi connectivity index (χ0) is 16.0. The van der Waals surface area contributed by atoms with E-state index in [1.165, 1.54) is 0 Å². The lowest BCUT2D eigenvalue weighted by molar-refractivity contribution is -0.142. The number of amides is 3. The summed E-state index contributed by atoms with van der Waals surface area (Å²) in [4.78, 5) is 36.9. The second-order valence-corrected chi connectivity index (χ2v) is 6.15. The van der Waals surface area contributed by atoms with Crippen molar-refractivity contribution in [2.45, 2.75) is 40.5 Å². The molecule has 1 aliphatic rings. The van der Waals surface area contributed by atoms with Gasteiger partial charge in [-0.15, -0.1) is 0 Å². The summed E-state index contributed by atoms with van der Waals surface area (Å²) in [6.45, 7) is 8.71. The average Bonchev–Trinajstić information content (AvgIpc) is 2.43. The number of carbonyl (C=O) groups is 3. The van der Waals surface area contributed by atoms with Crippen molar-refractivity contribution < 1.29 is 19.1 Å². The standard InChI is InChI=1S/C14H25N3O4/c1-5-21-13(20)16-15-11(18)10-6-8-17(9-7-10)12(19)14(2,3)4/h10H,5-9H2,1-4H3,(H,15,18)(H,16,20). The number of carbonyl (C=O) groups excluding carboxylic acids is 3.